The zero-order valence-corrected chi connectivity index (χ0v) is 19.0. The van der Waals surface area contributed by atoms with Gasteiger partial charge in [0.25, 0.3) is 11.7 Å². The van der Waals surface area contributed by atoms with E-state index >= 15 is 0 Å². The van der Waals surface area contributed by atoms with Crippen molar-refractivity contribution in [3.05, 3.63) is 69.2 Å². The van der Waals surface area contributed by atoms with Crippen molar-refractivity contribution in [2.75, 3.05) is 13.2 Å². The number of hydrogen-bond acceptors (Lipinski definition) is 4. The molecule has 2 aromatic rings. The minimum absolute atomic E-state index is 0.0357. The number of amides is 1. The lowest BCUT2D eigenvalue weighted by atomic mass is 9.95. The molecule has 1 saturated heterocycles. The van der Waals surface area contributed by atoms with Crippen molar-refractivity contribution >= 4 is 40.7 Å². The Labute approximate surface area is 192 Å². The second-order valence-electron chi connectivity index (χ2n) is 7.33. The first-order valence-electron chi connectivity index (χ1n) is 10.4. The first-order valence-corrected chi connectivity index (χ1v) is 11.1. The lowest BCUT2D eigenvalue weighted by Gasteiger charge is -2.25. The van der Waals surface area contributed by atoms with Gasteiger partial charge in [0.2, 0.25) is 0 Å². The van der Waals surface area contributed by atoms with E-state index in [1.54, 1.807) is 18.2 Å². The van der Waals surface area contributed by atoms with E-state index in [2.05, 4.69) is 6.92 Å². The molecule has 3 rings (SSSR count). The van der Waals surface area contributed by atoms with Gasteiger partial charge in [-0.2, -0.15) is 0 Å². The number of likely N-dealkylation sites (tertiary alicyclic amines) is 1. The molecule has 2 aromatic carbocycles. The maximum Gasteiger partial charge on any atom is 0.295 e. The largest absolute Gasteiger partial charge is 0.507 e. The molecule has 5 nitrogen and oxygen atoms in total. The highest BCUT2D eigenvalue weighted by Gasteiger charge is 2.45. The summed E-state index contributed by atoms with van der Waals surface area (Å²) < 4.78 is 5.60. The maximum absolute atomic E-state index is 13.0. The summed E-state index contributed by atoms with van der Waals surface area (Å²) in [4.78, 5) is 27.5. The Bertz CT molecular complexity index is 1020. The van der Waals surface area contributed by atoms with Gasteiger partial charge in [0.05, 0.1) is 28.3 Å². The zero-order chi connectivity index (χ0) is 22.5. The van der Waals surface area contributed by atoms with Crippen molar-refractivity contribution in [3.63, 3.8) is 0 Å². The Morgan fingerprint density at radius 3 is 2.52 bits per heavy atom. The molecule has 0 saturated carbocycles. The van der Waals surface area contributed by atoms with Crippen LogP contribution in [-0.2, 0) is 9.59 Å². The SMILES string of the molecule is CCCCCN1C(=O)C(=O)/C(=C(\O)c2ccc(Cl)c(Cl)c2)C1c1cccc(OCC)c1. The van der Waals surface area contributed by atoms with Gasteiger partial charge in [0.1, 0.15) is 11.5 Å². The summed E-state index contributed by atoms with van der Waals surface area (Å²) in [6.45, 7) is 4.86. The van der Waals surface area contributed by atoms with E-state index in [4.69, 9.17) is 27.9 Å². The average Bonchev–Trinajstić information content (AvgIpc) is 3.01. The number of carbonyl (C=O) groups is 2. The first kappa shape index (κ1) is 23.2. The number of ketones is 1. The van der Waals surface area contributed by atoms with Crippen molar-refractivity contribution in [2.24, 2.45) is 0 Å². The zero-order valence-electron chi connectivity index (χ0n) is 17.5. The molecule has 164 valence electrons. The van der Waals surface area contributed by atoms with Crippen molar-refractivity contribution in [1.82, 2.24) is 4.90 Å². The Balaban J connectivity index is 2.14. The number of aliphatic hydroxyl groups is 1. The fourth-order valence-electron chi connectivity index (χ4n) is 3.73. The van der Waals surface area contributed by atoms with Crippen molar-refractivity contribution in [1.29, 1.82) is 0 Å². The molecule has 1 aliphatic rings. The topological polar surface area (TPSA) is 66.8 Å². The molecule has 0 aliphatic carbocycles. The molecule has 1 N–H and O–H groups in total. The summed E-state index contributed by atoms with van der Waals surface area (Å²) in [5.74, 6) is -0.980. The van der Waals surface area contributed by atoms with Gasteiger partial charge in [0, 0.05) is 12.1 Å². The second kappa shape index (κ2) is 10.2. The highest BCUT2D eigenvalue weighted by atomic mass is 35.5. The van der Waals surface area contributed by atoms with Crippen molar-refractivity contribution < 1.29 is 19.4 Å². The summed E-state index contributed by atoms with van der Waals surface area (Å²) in [6, 6.07) is 11.1. The van der Waals surface area contributed by atoms with Crippen molar-refractivity contribution in [3.8, 4) is 5.75 Å². The molecule has 0 radical (unpaired) electrons. The van der Waals surface area contributed by atoms with Gasteiger partial charge in [-0.15, -0.1) is 0 Å². The molecule has 1 fully saturated rings. The first-order chi connectivity index (χ1) is 14.9. The van der Waals surface area contributed by atoms with E-state index in [1.807, 2.05) is 25.1 Å². The second-order valence-corrected chi connectivity index (χ2v) is 8.15. The molecule has 1 unspecified atom stereocenters. The van der Waals surface area contributed by atoms with Gasteiger partial charge in [0.15, 0.2) is 0 Å². The van der Waals surface area contributed by atoms with Crippen LogP contribution in [0.1, 0.15) is 50.3 Å². The van der Waals surface area contributed by atoms with Crippen LogP contribution in [0, 0.1) is 0 Å². The molecule has 31 heavy (non-hydrogen) atoms. The third kappa shape index (κ3) is 4.89. The minimum atomic E-state index is -0.716. The third-order valence-electron chi connectivity index (χ3n) is 5.22. The molecule has 1 atom stereocenters. The summed E-state index contributed by atoms with van der Waals surface area (Å²) in [5.41, 5.74) is 1.06. The smallest absolute Gasteiger partial charge is 0.295 e. The van der Waals surface area contributed by atoms with Crippen molar-refractivity contribution in [2.45, 2.75) is 39.2 Å². The number of hydrogen-bond donors (Lipinski definition) is 1. The van der Waals surface area contributed by atoms with E-state index < -0.39 is 17.7 Å². The minimum Gasteiger partial charge on any atom is -0.507 e. The van der Waals surface area contributed by atoms with Crippen LogP contribution in [-0.4, -0.2) is 34.8 Å². The number of carbonyl (C=O) groups excluding carboxylic acids is 2. The Morgan fingerprint density at radius 2 is 1.84 bits per heavy atom. The van der Waals surface area contributed by atoms with E-state index in [1.165, 1.54) is 11.0 Å². The van der Waals surface area contributed by atoms with Gasteiger partial charge in [-0.05, 0) is 49.2 Å². The number of Topliss-reactive ketones (excluding diaryl/α,β-unsaturated/α-hetero) is 1. The highest BCUT2D eigenvalue weighted by molar-refractivity contribution is 6.46. The summed E-state index contributed by atoms with van der Waals surface area (Å²) in [7, 11) is 0. The molecule has 0 aromatic heterocycles. The summed E-state index contributed by atoms with van der Waals surface area (Å²) in [6.07, 6.45) is 2.68. The molecular weight excluding hydrogens is 437 g/mol. The molecule has 1 heterocycles. The van der Waals surface area contributed by atoms with E-state index in [0.29, 0.717) is 35.1 Å². The van der Waals surface area contributed by atoms with E-state index in [9.17, 15) is 14.7 Å². The van der Waals surface area contributed by atoms with Gasteiger partial charge in [-0.25, -0.2) is 0 Å². The fraction of sp³-hybridized carbons (Fsp3) is 0.333. The molecule has 1 amide bonds. The average molecular weight is 462 g/mol. The summed E-state index contributed by atoms with van der Waals surface area (Å²) >= 11 is 12.1. The molecule has 1 aliphatic heterocycles. The van der Waals surface area contributed by atoms with Crippen LogP contribution < -0.4 is 4.74 Å². The number of aliphatic hydroxyl groups excluding tert-OH is 1. The van der Waals surface area contributed by atoms with Gasteiger partial charge in [-0.3, -0.25) is 9.59 Å². The number of halogens is 2. The van der Waals surface area contributed by atoms with Crippen LogP contribution in [0.3, 0.4) is 0 Å². The standard InChI is InChI=1S/C24H25Cl2NO4/c1-3-5-6-12-27-21(15-8-7-9-17(13-15)31-4-2)20(23(29)24(27)30)22(28)16-10-11-18(25)19(26)14-16/h7-11,13-14,21,28H,3-6,12H2,1-2H3/b22-20-. The van der Waals surface area contributed by atoms with E-state index in [-0.39, 0.29) is 16.4 Å². The fourth-order valence-corrected chi connectivity index (χ4v) is 4.03. The monoisotopic (exact) mass is 461 g/mol. The number of benzene rings is 2. The Hall–Kier alpha value is -2.50. The Morgan fingerprint density at radius 1 is 1.06 bits per heavy atom. The van der Waals surface area contributed by atoms with E-state index in [0.717, 1.165) is 19.3 Å². The van der Waals surface area contributed by atoms with Crippen LogP contribution in [0.2, 0.25) is 10.0 Å². The number of ether oxygens (including phenoxy) is 1. The van der Waals surface area contributed by atoms with Crippen LogP contribution in [0.4, 0.5) is 0 Å². The maximum atomic E-state index is 13.0. The number of rotatable bonds is 8. The molecular formula is C24H25Cl2NO4. The van der Waals surface area contributed by atoms with Crippen LogP contribution >= 0.6 is 23.2 Å². The lowest BCUT2D eigenvalue weighted by Crippen LogP contribution is -2.30. The molecule has 0 bridgehead atoms. The Kier molecular flexibility index (Phi) is 7.63. The lowest BCUT2D eigenvalue weighted by molar-refractivity contribution is -0.139. The van der Waals surface area contributed by atoms with Crippen LogP contribution in [0.5, 0.6) is 5.75 Å². The van der Waals surface area contributed by atoms with Gasteiger partial charge < -0.3 is 14.7 Å². The predicted molar refractivity (Wildman–Crippen MR) is 123 cm³/mol. The summed E-state index contributed by atoms with van der Waals surface area (Å²) in [5, 5.41) is 11.6. The quantitative estimate of drug-likeness (QED) is 0.226. The van der Waals surface area contributed by atoms with Gasteiger partial charge in [-0.1, -0.05) is 55.1 Å². The third-order valence-corrected chi connectivity index (χ3v) is 5.96. The number of unbranched alkanes of at least 4 members (excludes halogenated alkanes) is 2. The molecule has 7 heteroatoms. The molecule has 0 spiro atoms. The number of nitrogens with zero attached hydrogens (tertiary/aromatic N) is 1. The normalized spacial score (nSPS) is 17.9. The highest BCUT2D eigenvalue weighted by Crippen LogP contribution is 2.41. The van der Waals surface area contributed by atoms with Crippen LogP contribution in [0.25, 0.3) is 5.76 Å². The predicted octanol–water partition coefficient (Wildman–Crippen LogP) is 6.00. The van der Waals surface area contributed by atoms with Gasteiger partial charge >= 0.3 is 0 Å². The van der Waals surface area contributed by atoms with Crippen LogP contribution in [0.15, 0.2) is 48.0 Å².